The van der Waals surface area contributed by atoms with Crippen LogP contribution in [0.2, 0.25) is 5.02 Å². The summed E-state index contributed by atoms with van der Waals surface area (Å²) >= 11 is 6.21. The maximum absolute atomic E-state index is 12.9. The van der Waals surface area contributed by atoms with Crippen LogP contribution in [-0.4, -0.2) is 19.3 Å². The van der Waals surface area contributed by atoms with Gasteiger partial charge in [-0.2, -0.15) is 5.10 Å². The number of halogens is 1. The zero-order chi connectivity index (χ0) is 18.3. The third-order valence-electron chi connectivity index (χ3n) is 4.43. The molecule has 0 N–H and O–H groups in total. The SMILES string of the molecule is Cc1ccc(-n2ncc3c(=O)n(Cc4ccccc4Cl)cnc32)c(C)c1. The van der Waals surface area contributed by atoms with Gasteiger partial charge in [0.1, 0.15) is 11.7 Å². The van der Waals surface area contributed by atoms with E-state index in [9.17, 15) is 4.79 Å². The van der Waals surface area contributed by atoms with Crippen molar-refractivity contribution in [2.45, 2.75) is 20.4 Å². The molecule has 0 aliphatic carbocycles. The Morgan fingerprint density at radius 1 is 1.12 bits per heavy atom. The Kier molecular flexibility index (Phi) is 4.09. The number of hydrogen-bond acceptors (Lipinski definition) is 3. The Hall–Kier alpha value is -2.92. The molecule has 0 saturated heterocycles. The van der Waals surface area contributed by atoms with E-state index in [1.54, 1.807) is 21.8 Å². The normalized spacial score (nSPS) is 11.2. The lowest BCUT2D eigenvalue weighted by Gasteiger charge is -2.09. The van der Waals surface area contributed by atoms with Gasteiger partial charge in [-0.3, -0.25) is 9.36 Å². The molecule has 2 aromatic carbocycles. The molecule has 6 heteroatoms. The maximum atomic E-state index is 12.9. The number of aromatic nitrogens is 4. The average molecular weight is 365 g/mol. The highest BCUT2D eigenvalue weighted by atomic mass is 35.5. The Morgan fingerprint density at radius 2 is 1.92 bits per heavy atom. The number of nitrogens with zero attached hydrogens (tertiary/aromatic N) is 4. The summed E-state index contributed by atoms with van der Waals surface area (Å²) in [6, 6.07) is 13.6. The van der Waals surface area contributed by atoms with E-state index in [2.05, 4.69) is 16.1 Å². The number of aryl methyl sites for hydroxylation is 2. The Morgan fingerprint density at radius 3 is 2.69 bits per heavy atom. The Labute approximate surface area is 155 Å². The van der Waals surface area contributed by atoms with E-state index in [1.807, 2.05) is 50.2 Å². The molecule has 5 nitrogen and oxygen atoms in total. The maximum Gasteiger partial charge on any atom is 0.264 e. The Bertz CT molecular complexity index is 1180. The molecule has 0 spiro atoms. The van der Waals surface area contributed by atoms with E-state index < -0.39 is 0 Å². The van der Waals surface area contributed by atoms with Crippen LogP contribution in [0, 0.1) is 13.8 Å². The van der Waals surface area contributed by atoms with Gasteiger partial charge in [-0.25, -0.2) is 9.67 Å². The molecular formula is C20H17ClN4O. The van der Waals surface area contributed by atoms with Gasteiger partial charge in [0.05, 0.1) is 18.4 Å². The molecule has 0 radical (unpaired) electrons. The largest absolute Gasteiger partial charge is 0.294 e. The van der Waals surface area contributed by atoms with Gasteiger partial charge < -0.3 is 0 Å². The van der Waals surface area contributed by atoms with Crippen LogP contribution in [0.15, 0.2) is 59.8 Å². The summed E-state index contributed by atoms with van der Waals surface area (Å²) in [7, 11) is 0. The smallest absolute Gasteiger partial charge is 0.264 e. The first kappa shape index (κ1) is 16.5. The Balaban J connectivity index is 1.81. The minimum absolute atomic E-state index is 0.133. The second kappa shape index (κ2) is 6.42. The molecule has 0 aliphatic rings. The fourth-order valence-corrected chi connectivity index (χ4v) is 3.29. The molecule has 0 atom stereocenters. The predicted molar refractivity (Wildman–Crippen MR) is 103 cm³/mol. The number of hydrogen-bond donors (Lipinski definition) is 0. The fourth-order valence-electron chi connectivity index (χ4n) is 3.09. The summed E-state index contributed by atoms with van der Waals surface area (Å²) in [5.74, 6) is 0. The molecule has 0 saturated carbocycles. The van der Waals surface area contributed by atoms with Crippen molar-refractivity contribution in [1.29, 1.82) is 0 Å². The summed E-state index contributed by atoms with van der Waals surface area (Å²) in [6.07, 6.45) is 3.13. The zero-order valence-corrected chi connectivity index (χ0v) is 15.2. The molecular weight excluding hydrogens is 348 g/mol. The van der Waals surface area contributed by atoms with Crippen LogP contribution in [0.3, 0.4) is 0 Å². The summed E-state index contributed by atoms with van der Waals surface area (Å²) in [5, 5.41) is 5.51. The highest BCUT2D eigenvalue weighted by Crippen LogP contribution is 2.19. The molecule has 0 aliphatic heterocycles. The molecule has 0 fully saturated rings. The van der Waals surface area contributed by atoms with Gasteiger partial charge in [-0.1, -0.05) is 47.5 Å². The van der Waals surface area contributed by atoms with Crippen LogP contribution >= 0.6 is 11.6 Å². The van der Waals surface area contributed by atoms with Crippen LogP contribution in [-0.2, 0) is 6.54 Å². The van der Waals surface area contributed by atoms with Gasteiger partial charge in [0.15, 0.2) is 5.65 Å². The number of benzene rings is 2. The summed E-state index contributed by atoms with van der Waals surface area (Å²) in [5.41, 5.74) is 4.47. The molecule has 0 unspecified atom stereocenters. The van der Waals surface area contributed by atoms with Gasteiger partial charge in [0.25, 0.3) is 5.56 Å². The standard InChI is InChI=1S/C20H17ClN4O/c1-13-7-8-18(14(2)9-13)25-19-16(10-23-25)20(26)24(12-22-19)11-15-5-3-4-6-17(15)21/h3-10,12H,11H2,1-2H3. The van der Waals surface area contributed by atoms with Crippen molar-refractivity contribution in [2.75, 3.05) is 0 Å². The molecule has 0 amide bonds. The van der Waals surface area contributed by atoms with E-state index in [4.69, 9.17) is 11.6 Å². The first-order valence-corrected chi connectivity index (χ1v) is 8.66. The molecule has 4 rings (SSSR count). The van der Waals surface area contributed by atoms with Gasteiger partial charge in [0, 0.05) is 5.02 Å². The second-order valence-corrected chi connectivity index (χ2v) is 6.76. The number of fused-ring (bicyclic) bond motifs is 1. The molecule has 130 valence electrons. The van der Waals surface area contributed by atoms with E-state index in [0.29, 0.717) is 22.6 Å². The van der Waals surface area contributed by atoms with Crippen LogP contribution in [0.25, 0.3) is 16.7 Å². The fraction of sp³-hybridized carbons (Fsp3) is 0.150. The van der Waals surface area contributed by atoms with Crippen molar-refractivity contribution in [2.24, 2.45) is 0 Å². The first-order valence-electron chi connectivity index (χ1n) is 8.29. The number of rotatable bonds is 3. The van der Waals surface area contributed by atoms with E-state index in [1.165, 1.54) is 5.56 Å². The quantitative estimate of drug-likeness (QED) is 0.554. The lowest BCUT2D eigenvalue weighted by atomic mass is 10.1. The van der Waals surface area contributed by atoms with Crippen LogP contribution < -0.4 is 5.56 Å². The molecule has 4 aromatic rings. The van der Waals surface area contributed by atoms with E-state index in [-0.39, 0.29) is 5.56 Å². The third kappa shape index (κ3) is 2.80. The molecule has 2 heterocycles. The lowest BCUT2D eigenvalue weighted by molar-refractivity contribution is 0.745. The third-order valence-corrected chi connectivity index (χ3v) is 4.80. The van der Waals surface area contributed by atoms with Crippen molar-refractivity contribution in [3.8, 4) is 5.69 Å². The average Bonchev–Trinajstić information content (AvgIpc) is 3.04. The van der Waals surface area contributed by atoms with Crippen LogP contribution in [0.5, 0.6) is 0 Å². The monoisotopic (exact) mass is 364 g/mol. The highest BCUT2D eigenvalue weighted by molar-refractivity contribution is 6.31. The minimum Gasteiger partial charge on any atom is -0.294 e. The van der Waals surface area contributed by atoms with Crippen LogP contribution in [0.1, 0.15) is 16.7 Å². The van der Waals surface area contributed by atoms with Crippen molar-refractivity contribution < 1.29 is 0 Å². The topological polar surface area (TPSA) is 52.7 Å². The minimum atomic E-state index is -0.133. The zero-order valence-electron chi connectivity index (χ0n) is 14.5. The summed E-state index contributed by atoms with van der Waals surface area (Å²) in [4.78, 5) is 17.3. The van der Waals surface area contributed by atoms with Gasteiger partial charge in [0.2, 0.25) is 0 Å². The molecule has 2 aromatic heterocycles. The predicted octanol–water partition coefficient (Wildman–Crippen LogP) is 3.90. The summed E-state index contributed by atoms with van der Waals surface area (Å²) < 4.78 is 3.27. The lowest BCUT2D eigenvalue weighted by Crippen LogP contribution is -2.21. The van der Waals surface area contributed by atoms with Gasteiger partial charge in [-0.05, 0) is 37.1 Å². The van der Waals surface area contributed by atoms with E-state index >= 15 is 0 Å². The van der Waals surface area contributed by atoms with Crippen molar-refractivity contribution >= 4 is 22.6 Å². The van der Waals surface area contributed by atoms with Gasteiger partial charge in [-0.15, -0.1) is 0 Å². The van der Waals surface area contributed by atoms with Crippen LogP contribution in [0.4, 0.5) is 0 Å². The second-order valence-electron chi connectivity index (χ2n) is 6.35. The molecule has 26 heavy (non-hydrogen) atoms. The molecule has 0 bridgehead atoms. The highest BCUT2D eigenvalue weighted by Gasteiger charge is 2.13. The van der Waals surface area contributed by atoms with Crippen molar-refractivity contribution in [3.63, 3.8) is 0 Å². The van der Waals surface area contributed by atoms with Gasteiger partial charge >= 0.3 is 0 Å². The van der Waals surface area contributed by atoms with Crippen molar-refractivity contribution in [1.82, 2.24) is 19.3 Å². The van der Waals surface area contributed by atoms with E-state index in [0.717, 1.165) is 16.8 Å². The van der Waals surface area contributed by atoms with Crippen molar-refractivity contribution in [3.05, 3.63) is 87.1 Å². The first-order chi connectivity index (χ1) is 12.5. The summed E-state index contributed by atoms with van der Waals surface area (Å²) in [6.45, 7) is 4.44.